The summed E-state index contributed by atoms with van der Waals surface area (Å²) in [7, 11) is 0. The molecule has 1 aliphatic rings. The number of carboxylic acids is 1. The highest BCUT2D eigenvalue weighted by molar-refractivity contribution is 5.73. The van der Waals surface area contributed by atoms with E-state index in [9.17, 15) is 4.79 Å². The van der Waals surface area contributed by atoms with Crippen LogP contribution in [-0.2, 0) is 9.53 Å². The number of carboxylic acid groups (broad SMARTS) is 1. The van der Waals surface area contributed by atoms with E-state index >= 15 is 0 Å². The first kappa shape index (κ1) is 10.5. The van der Waals surface area contributed by atoms with Crippen molar-refractivity contribution in [3.63, 3.8) is 0 Å². The molecular weight excluding hydrogens is 170 g/mol. The molecule has 1 fully saturated rings. The van der Waals surface area contributed by atoms with Gasteiger partial charge in [0.15, 0.2) is 0 Å². The SMILES string of the molecule is NC(COCCC1CCC1)C(=O)O. The molecule has 1 saturated carbocycles. The van der Waals surface area contributed by atoms with Gasteiger partial charge in [-0.1, -0.05) is 19.3 Å². The standard InChI is InChI=1S/C9H17NO3/c10-8(9(11)12)6-13-5-4-7-2-1-3-7/h7-8H,1-6,10H2,(H,11,12). The smallest absolute Gasteiger partial charge is 0.322 e. The minimum absolute atomic E-state index is 0.127. The van der Waals surface area contributed by atoms with Crippen molar-refractivity contribution >= 4 is 5.97 Å². The second-order valence-corrected chi connectivity index (χ2v) is 3.61. The molecule has 4 nitrogen and oxygen atoms in total. The van der Waals surface area contributed by atoms with Crippen molar-refractivity contribution in [2.45, 2.75) is 31.7 Å². The van der Waals surface area contributed by atoms with Crippen LogP contribution in [0, 0.1) is 5.92 Å². The van der Waals surface area contributed by atoms with Crippen LogP contribution in [0.25, 0.3) is 0 Å². The van der Waals surface area contributed by atoms with Gasteiger partial charge in [0.05, 0.1) is 6.61 Å². The van der Waals surface area contributed by atoms with E-state index < -0.39 is 12.0 Å². The van der Waals surface area contributed by atoms with Gasteiger partial charge in [-0.15, -0.1) is 0 Å². The van der Waals surface area contributed by atoms with Crippen molar-refractivity contribution in [1.29, 1.82) is 0 Å². The van der Waals surface area contributed by atoms with Gasteiger partial charge in [-0.2, -0.15) is 0 Å². The van der Waals surface area contributed by atoms with Crippen molar-refractivity contribution < 1.29 is 14.6 Å². The zero-order valence-corrected chi connectivity index (χ0v) is 7.74. The van der Waals surface area contributed by atoms with Gasteiger partial charge in [0.2, 0.25) is 0 Å². The van der Waals surface area contributed by atoms with Gasteiger partial charge >= 0.3 is 5.97 Å². The Morgan fingerprint density at radius 1 is 1.62 bits per heavy atom. The van der Waals surface area contributed by atoms with Gasteiger partial charge in [0.1, 0.15) is 6.04 Å². The summed E-state index contributed by atoms with van der Waals surface area (Å²) in [4.78, 5) is 10.3. The Bertz CT molecular complexity index is 168. The summed E-state index contributed by atoms with van der Waals surface area (Å²) >= 11 is 0. The molecule has 4 heteroatoms. The molecule has 3 N–H and O–H groups in total. The third kappa shape index (κ3) is 3.74. The molecule has 13 heavy (non-hydrogen) atoms. The molecule has 1 aliphatic carbocycles. The molecule has 1 rings (SSSR count). The number of carbonyl (C=O) groups is 1. The molecule has 0 amide bonds. The van der Waals surface area contributed by atoms with Crippen LogP contribution in [0.3, 0.4) is 0 Å². The first-order chi connectivity index (χ1) is 6.20. The Hall–Kier alpha value is -0.610. The van der Waals surface area contributed by atoms with Crippen molar-refractivity contribution in [2.24, 2.45) is 11.7 Å². The lowest BCUT2D eigenvalue weighted by molar-refractivity contribution is -0.140. The van der Waals surface area contributed by atoms with Crippen LogP contribution < -0.4 is 5.73 Å². The van der Waals surface area contributed by atoms with Gasteiger partial charge < -0.3 is 15.6 Å². The Kier molecular flexibility index (Phi) is 4.18. The van der Waals surface area contributed by atoms with E-state index in [0.717, 1.165) is 12.3 Å². The predicted molar refractivity (Wildman–Crippen MR) is 48.4 cm³/mol. The van der Waals surface area contributed by atoms with E-state index in [1.807, 2.05) is 0 Å². The quantitative estimate of drug-likeness (QED) is 0.597. The van der Waals surface area contributed by atoms with Crippen LogP contribution >= 0.6 is 0 Å². The maximum absolute atomic E-state index is 10.3. The number of hydrogen-bond donors (Lipinski definition) is 2. The molecule has 0 aromatic rings. The van der Waals surface area contributed by atoms with Crippen molar-refractivity contribution in [3.05, 3.63) is 0 Å². The molecular formula is C9H17NO3. The Balaban J connectivity index is 1.90. The molecule has 0 heterocycles. The second kappa shape index (κ2) is 5.19. The molecule has 0 aromatic heterocycles. The first-order valence-corrected chi connectivity index (χ1v) is 4.76. The largest absolute Gasteiger partial charge is 0.480 e. The highest BCUT2D eigenvalue weighted by atomic mass is 16.5. The molecule has 0 saturated heterocycles. The third-order valence-electron chi connectivity index (χ3n) is 2.51. The normalized spacial score (nSPS) is 19.5. The zero-order chi connectivity index (χ0) is 9.68. The van der Waals surface area contributed by atoms with Crippen LogP contribution in [0.5, 0.6) is 0 Å². The van der Waals surface area contributed by atoms with Crippen molar-refractivity contribution in [2.75, 3.05) is 13.2 Å². The van der Waals surface area contributed by atoms with E-state index in [-0.39, 0.29) is 6.61 Å². The van der Waals surface area contributed by atoms with Crippen LogP contribution in [0.15, 0.2) is 0 Å². The summed E-state index contributed by atoms with van der Waals surface area (Å²) in [5.41, 5.74) is 5.26. The fourth-order valence-corrected chi connectivity index (χ4v) is 1.31. The Morgan fingerprint density at radius 2 is 2.31 bits per heavy atom. The predicted octanol–water partition coefficient (Wildman–Crippen LogP) is 0.605. The minimum atomic E-state index is -0.997. The van der Waals surface area contributed by atoms with E-state index in [1.54, 1.807) is 0 Å². The molecule has 0 spiro atoms. The van der Waals surface area contributed by atoms with Crippen molar-refractivity contribution in [3.8, 4) is 0 Å². The topological polar surface area (TPSA) is 72.5 Å². The second-order valence-electron chi connectivity index (χ2n) is 3.61. The van der Waals surface area contributed by atoms with E-state index in [0.29, 0.717) is 6.61 Å². The maximum Gasteiger partial charge on any atom is 0.322 e. The highest BCUT2D eigenvalue weighted by Gasteiger charge is 2.17. The molecule has 1 unspecified atom stereocenters. The number of aliphatic carboxylic acids is 1. The third-order valence-corrected chi connectivity index (χ3v) is 2.51. The number of hydrogen-bond acceptors (Lipinski definition) is 3. The lowest BCUT2D eigenvalue weighted by Crippen LogP contribution is -2.35. The van der Waals surface area contributed by atoms with Crippen LogP contribution in [0.4, 0.5) is 0 Å². The average Bonchev–Trinajstić information content (AvgIpc) is 2.00. The summed E-state index contributed by atoms with van der Waals surface area (Å²) in [6.45, 7) is 0.772. The van der Waals surface area contributed by atoms with Crippen LogP contribution in [-0.4, -0.2) is 30.3 Å². The molecule has 0 bridgehead atoms. The number of ether oxygens (including phenoxy) is 1. The molecule has 0 radical (unpaired) electrons. The number of rotatable bonds is 6. The zero-order valence-electron chi connectivity index (χ0n) is 7.74. The lowest BCUT2D eigenvalue weighted by atomic mass is 9.83. The van der Waals surface area contributed by atoms with Crippen molar-refractivity contribution in [1.82, 2.24) is 0 Å². The highest BCUT2D eigenvalue weighted by Crippen LogP contribution is 2.28. The number of nitrogens with two attached hydrogens (primary N) is 1. The minimum Gasteiger partial charge on any atom is -0.480 e. The summed E-state index contributed by atoms with van der Waals surface area (Å²) in [5, 5.41) is 8.44. The summed E-state index contributed by atoms with van der Waals surface area (Å²) in [5.74, 6) is -0.190. The first-order valence-electron chi connectivity index (χ1n) is 4.76. The monoisotopic (exact) mass is 187 g/mol. The average molecular weight is 187 g/mol. The molecule has 0 aromatic carbocycles. The fourth-order valence-electron chi connectivity index (χ4n) is 1.31. The summed E-state index contributed by atoms with van der Waals surface area (Å²) < 4.78 is 5.16. The fraction of sp³-hybridized carbons (Fsp3) is 0.889. The van der Waals surface area contributed by atoms with Crippen LogP contribution in [0.2, 0.25) is 0 Å². The van der Waals surface area contributed by atoms with Gasteiger partial charge in [0.25, 0.3) is 0 Å². The van der Waals surface area contributed by atoms with E-state index in [4.69, 9.17) is 15.6 Å². The summed E-state index contributed by atoms with van der Waals surface area (Å²) in [6.07, 6.45) is 4.98. The van der Waals surface area contributed by atoms with E-state index in [1.165, 1.54) is 19.3 Å². The Labute approximate surface area is 78.1 Å². The lowest BCUT2D eigenvalue weighted by Gasteiger charge is -2.24. The summed E-state index contributed by atoms with van der Waals surface area (Å²) in [6, 6.07) is -0.874. The van der Waals surface area contributed by atoms with Crippen LogP contribution in [0.1, 0.15) is 25.7 Å². The van der Waals surface area contributed by atoms with Gasteiger partial charge in [-0.3, -0.25) is 4.79 Å². The van der Waals surface area contributed by atoms with Gasteiger partial charge in [-0.05, 0) is 12.3 Å². The van der Waals surface area contributed by atoms with Gasteiger partial charge in [-0.25, -0.2) is 0 Å². The van der Waals surface area contributed by atoms with E-state index in [2.05, 4.69) is 0 Å². The molecule has 1 atom stereocenters. The van der Waals surface area contributed by atoms with Gasteiger partial charge in [0, 0.05) is 6.61 Å². The molecule has 76 valence electrons. The Morgan fingerprint density at radius 3 is 2.77 bits per heavy atom. The maximum atomic E-state index is 10.3. The molecule has 0 aliphatic heterocycles.